The summed E-state index contributed by atoms with van der Waals surface area (Å²) >= 11 is 3.41. The number of hydrogen-bond donors (Lipinski definition) is 0. The lowest BCUT2D eigenvalue weighted by molar-refractivity contribution is 0.101. The summed E-state index contributed by atoms with van der Waals surface area (Å²) in [7, 11) is 4.65. The second-order valence-corrected chi connectivity index (χ2v) is 5.86. The second kappa shape index (κ2) is 6.57. The molecule has 0 atom stereocenters. The normalized spacial score (nSPS) is 14.3. The van der Waals surface area contributed by atoms with Crippen molar-refractivity contribution in [1.29, 1.82) is 0 Å². The summed E-state index contributed by atoms with van der Waals surface area (Å²) in [5.74, 6) is 2.16. The lowest BCUT2D eigenvalue weighted by Gasteiger charge is -2.10. The standard InChI is InChI=1S/C18H15BrO5/c1-21-12-5-4-6-13-17(12)18(20)16(24-13)8-10-7-15(23-3)11(19)9-14(10)22-2/h4-9H,1-3H3/b16-8-. The Morgan fingerprint density at radius 2 is 1.71 bits per heavy atom. The van der Waals surface area contributed by atoms with Crippen LogP contribution in [0.25, 0.3) is 6.08 Å². The minimum Gasteiger partial charge on any atom is -0.496 e. The number of benzene rings is 2. The quantitative estimate of drug-likeness (QED) is 0.735. The van der Waals surface area contributed by atoms with Crippen LogP contribution in [0.15, 0.2) is 40.6 Å². The topological polar surface area (TPSA) is 54.0 Å². The summed E-state index contributed by atoms with van der Waals surface area (Å²) in [6.07, 6.45) is 1.63. The van der Waals surface area contributed by atoms with E-state index in [1.807, 2.05) is 0 Å². The zero-order valence-electron chi connectivity index (χ0n) is 13.4. The average Bonchev–Trinajstić information content (AvgIpc) is 2.92. The summed E-state index contributed by atoms with van der Waals surface area (Å²) in [6, 6.07) is 8.78. The van der Waals surface area contributed by atoms with E-state index in [1.54, 1.807) is 50.6 Å². The van der Waals surface area contributed by atoms with Gasteiger partial charge in [-0.3, -0.25) is 4.79 Å². The van der Waals surface area contributed by atoms with E-state index in [4.69, 9.17) is 18.9 Å². The molecule has 24 heavy (non-hydrogen) atoms. The van der Waals surface area contributed by atoms with E-state index in [0.717, 1.165) is 4.47 Å². The van der Waals surface area contributed by atoms with Gasteiger partial charge in [-0.05, 0) is 46.3 Å². The van der Waals surface area contributed by atoms with Gasteiger partial charge in [0.1, 0.15) is 28.6 Å². The molecule has 0 saturated carbocycles. The van der Waals surface area contributed by atoms with E-state index in [9.17, 15) is 4.79 Å². The van der Waals surface area contributed by atoms with E-state index in [2.05, 4.69) is 15.9 Å². The van der Waals surface area contributed by atoms with E-state index in [1.165, 1.54) is 7.11 Å². The Kier molecular flexibility index (Phi) is 4.49. The average molecular weight is 391 g/mol. The lowest BCUT2D eigenvalue weighted by atomic mass is 10.1. The first-order chi connectivity index (χ1) is 11.6. The van der Waals surface area contributed by atoms with Crippen molar-refractivity contribution in [3.8, 4) is 23.0 Å². The van der Waals surface area contributed by atoms with Gasteiger partial charge in [-0.2, -0.15) is 0 Å². The Morgan fingerprint density at radius 3 is 2.38 bits per heavy atom. The van der Waals surface area contributed by atoms with Crippen molar-refractivity contribution in [3.05, 3.63) is 51.7 Å². The maximum atomic E-state index is 12.6. The van der Waals surface area contributed by atoms with Crippen molar-refractivity contribution in [2.75, 3.05) is 21.3 Å². The molecule has 124 valence electrons. The van der Waals surface area contributed by atoms with Crippen LogP contribution in [0.5, 0.6) is 23.0 Å². The number of ether oxygens (including phenoxy) is 4. The molecule has 6 heteroatoms. The van der Waals surface area contributed by atoms with Crippen LogP contribution in [0.1, 0.15) is 15.9 Å². The minimum absolute atomic E-state index is 0.206. The molecule has 1 aliphatic rings. The van der Waals surface area contributed by atoms with Crippen molar-refractivity contribution in [2.45, 2.75) is 0 Å². The number of rotatable bonds is 4. The Morgan fingerprint density at radius 1 is 1.00 bits per heavy atom. The van der Waals surface area contributed by atoms with Crippen LogP contribution in [0, 0.1) is 0 Å². The molecule has 0 radical (unpaired) electrons. The molecule has 3 rings (SSSR count). The summed E-state index contributed by atoms with van der Waals surface area (Å²) in [6.45, 7) is 0. The summed E-state index contributed by atoms with van der Waals surface area (Å²) in [5, 5.41) is 0. The molecule has 2 aromatic rings. The predicted octanol–water partition coefficient (Wildman–Crippen LogP) is 4.09. The third-order valence-corrected chi connectivity index (χ3v) is 4.29. The fourth-order valence-corrected chi connectivity index (χ4v) is 3.00. The van der Waals surface area contributed by atoms with Crippen LogP contribution in [-0.4, -0.2) is 27.1 Å². The maximum Gasteiger partial charge on any atom is 0.235 e. The van der Waals surface area contributed by atoms with Crippen LogP contribution in [0.4, 0.5) is 0 Å². The van der Waals surface area contributed by atoms with Crippen LogP contribution < -0.4 is 18.9 Å². The molecule has 1 aliphatic heterocycles. The Balaban J connectivity index is 2.07. The highest BCUT2D eigenvalue weighted by molar-refractivity contribution is 9.10. The fraction of sp³-hybridized carbons (Fsp3) is 0.167. The molecule has 0 aliphatic carbocycles. The van der Waals surface area contributed by atoms with Gasteiger partial charge in [-0.15, -0.1) is 0 Å². The molecule has 0 unspecified atom stereocenters. The Labute approximate surface area is 147 Å². The van der Waals surface area contributed by atoms with Crippen LogP contribution in [-0.2, 0) is 0 Å². The Bertz CT molecular complexity index is 842. The third-order valence-electron chi connectivity index (χ3n) is 3.67. The van der Waals surface area contributed by atoms with Gasteiger partial charge in [0, 0.05) is 5.56 Å². The summed E-state index contributed by atoms with van der Waals surface area (Å²) in [5.41, 5.74) is 1.10. The van der Waals surface area contributed by atoms with Crippen LogP contribution in [0.3, 0.4) is 0 Å². The molecule has 5 nitrogen and oxygen atoms in total. The number of ketones is 1. The molecule has 0 fully saturated rings. The number of fused-ring (bicyclic) bond motifs is 1. The maximum absolute atomic E-state index is 12.6. The first kappa shape index (κ1) is 16.4. The zero-order chi connectivity index (χ0) is 17.3. The molecule has 0 saturated heterocycles. The smallest absolute Gasteiger partial charge is 0.235 e. The first-order valence-electron chi connectivity index (χ1n) is 7.11. The summed E-state index contributed by atoms with van der Waals surface area (Å²) in [4.78, 5) is 12.6. The SMILES string of the molecule is COc1cc(/C=C2\Oc3cccc(OC)c3C2=O)c(OC)cc1Br. The number of hydrogen-bond acceptors (Lipinski definition) is 5. The molecule has 2 aromatic carbocycles. The predicted molar refractivity (Wildman–Crippen MR) is 93.2 cm³/mol. The van der Waals surface area contributed by atoms with Crippen molar-refractivity contribution in [2.24, 2.45) is 0 Å². The van der Waals surface area contributed by atoms with E-state index < -0.39 is 0 Å². The number of methoxy groups -OCH3 is 3. The van der Waals surface area contributed by atoms with Crippen molar-refractivity contribution >= 4 is 27.8 Å². The van der Waals surface area contributed by atoms with Gasteiger partial charge in [0.2, 0.25) is 5.78 Å². The monoisotopic (exact) mass is 390 g/mol. The first-order valence-corrected chi connectivity index (χ1v) is 7.91. The fourth-order valence-electron chi connectivity index (χ4n) is 2.51. The van der Waals surface area contributed by atoms with Crippen molar-refractivity contribution in [3.63, 3.8) is 0 Å². The number of allylic oxidation sites excluding steroid dienone is 1. The summed E-state index contributed by atoms with van der Waals surface area (Å²) < 4.78 is 22.4. The molecular weight excluding hydrogens is 376 g/mol. The highest BCUT2D eigenvalue weighted by atomic mass is 79.9. The third kappa shape index (κ3) is 2.73. The lowest BCUT2D eigenvalue weighted by Crippen LogP contribution is -2.01. The molecule has 0 amide bonds. The van der Waals surface area contributed by atoms with Gasteiger partial charge in [-0.1, -0.05) is 6.07 Å². The van der Waals surface area contributed by atoms with Gasteiger partial charge in [0.05, 0.1) is 25.8 Å². The largest absolute Gasteiger partial charge is 0.496 e. The van der Waals surface area contributed by atoms with Gasteiger partial charge in [0.25, 0.3) is 0 Å². The van der Waals surface area contributed by atoms with Gasteiger partial charge in [0.15, 0.2) is 5.76 Å². The molecule has 0 spiro atoms. The number of halogens is 1. The molecule has 0 N–H and O–H groups in total. The van der Waals surface area contributed by atoms with Gasteiger partial charge >= 0.3 is 0 Å². The van der Waals surface area contributed by atoms with Crippen molar-refractivity contribution < 1.29 is 23.7 Å². The van der Waals surface area contributed by atoms with Gasteiger partial charge in [-0.25, -0.2) is 0 Å². The van der Waals surface area contributed by atoms with Crippen LogP contribution >= 0.6 is 15.9 Å². The van der Waals surface area contributed by atoms with Gasteiger partial charge < -0.3 is 18.9 Å². The number of carbonyl (C=O) groups is 1. The Hall–Kier alpha value is -2.47. The zero-order valence-corrected chi connectivity index (χ0v) is 15.0. The molecular formula is C18H15BrO5. The van der Waals surface area contributed by atoms with E-state index in [0.29, 0.717) is 34.1 Å². The second-order valence-electron chi connectivity index (χ2n) is 5.00. The highest BCUT2D eigenvalue weighted by Gasteiger charge is 2.31. The van der Waals surface area contributed by atoms with E-state index in [-0.39, 0.29) is 11.5 Å². The number of Topliss-reactive ketones (excluding diaryl/α,β-unsaturated/α-hetero) is 1. The molecule has 1 heterocycles. The molecule has 0 aromatic heterocycles. The number of carbonyl (C=O) groups excluding carboxylic acids is 1. The van der Waals surface area contributed by atoms with Crippen molar-refractivity contribution in [1.82, 2.24) is 0 Å². The molecule has 0 bridgehead atoms. The van der Waals surface area contributed by atoms with E-state index >= 15 is 0 Å². The van der Waals surface area contributed by atoms with Crippen LogP contribution in [0.2, 0.25) is 0 Å². The minimum atomic E-state index is -0.230. The highest BCUT2D eigenvalue weighted by Crippen LogP contribution is 2.39.